The number of piperazine rings is 1. The van der Waals surface area contributed by atoms with E-state index in [1.54, 1.807) is 18.9 Å². The van der Waals surface area contributed by atoms with E-state index in [9.17, 15) is 4.79 Å². The van der Waals surface area contributed by atoms with Gasteiger partial charge in [-0.3, -0.25) is 9.69 Å². The summed E-state index contributed by atoms with van der Waals surface area (Å²) in [6.45, 7) is 3.01. The number of benzene rings is 4. The molecular weight excluding hydrogens is 512 g/mol. The fourth-order valence-corrected chi connectivity index (χ4v) is 5.97. The molecule has 0 atom stereocenters. The summed E-state index contributed by atoms with van der Waals surface area (Å²) < 4.78 is 5.59. The van der Waals surface area contributed by atoms with Crippen molar-refractivity contribution >= 4 is 29.3 Å². The minimum absolute atomic E-state index is 0.0704. The Morgan fingerprint density at radius 1 is 0.842 bits per heavy atom. The second-order valence-electron chi connectivity index (χ2n) is 9.32. The summed E-state index contributed by atoms with van der Waals surface area (Å²) in [5, 5.41) is 0.721. The molecule has 0 aliphatic carbocycles. The van der Waals surface area contributed by atoms with E-state index in [1.165, 1.54) is 11.1 Å². The van der Waals surface area contributed by atoms with Gasteiger partial charge in [-0.1, -0.05) is 72.3 Å². The van der Waals surface area contributed by atoms with Crippen molar-refractivity contribution in [2.24, 2.45) is 0 Å². The molecule has 38 heavy (non-hydrogen) atoms. The van der Waals surface area contributed by atoms with Crippen molar-refractivity contribution in [3.63, 3.8) is 0 Å². The van der Waals surface area contributed by atoms with Crippen LogP contribution in [0.25, 0.3) is 0 Å². The third kappa shape index (κ3) is 6.24. The normalized spacial score (nSPS) is 14.0. The maximum Gasteiger partial charge on any atom is 0.253 e. The van der Waals surface area contributed by atoms with E-state index in [0.29, 0.717) is 24.4 Å². The van der Waals surface area contributed by atoms with Crippen LogP contribution in [0.1, 0.15) is 33.1 Å². The topological polar surface area (TPSA) is 32.8 Å². The number of hydrogen-bond acceptors (Lipinski definition) is 4. The highest BCUT2D eigenvalue weighted by atomic mass is 35.5. The molecule has 0 N–H and O–H groups in total. The first-order chi connectivity index (χ1) is 18.6. The van der Waals surface area contributed by atoms with Crippen LogP contribution in [0, 0.1) is 0 Å². The Kier molecular flexibility index (Phi) is 8.69. The summed E-state index contributed by atoms with van der Waals surface area (Å²) in [6.07, 6.45) is 0. The summed E-state index contributed by atoms with van der Waals surface area (Å²) in [6, 6.07) is 35.0. The van der Waals surface area contributed by atoms with E-state index < -0.39 is 0 Å². The number of thioether (sulfide) groups is 1. The zero-order chi connectivity index (χ0) is 26.3. The number of rotatable bonds is 8. The van der Waals surface area contributed by atoms with Gasteiger partial charge in [-0.05, 0) is 53.6 Å². The van der Waals surface area contributed by atoms with Gasteiger partial charge in [0.25, 0.3) is 5.91 Å². The van der Waals surface area contributed by atoms with E-state index in [1.807, 2.05) is 47.4 Å². The van der Waals surface area contributed by atoms with Gasteiger partial charge in [-0.25, -0.2) is 0 Å². The van der Waals surface area contributed by atoms with E-state index in [0.717, 1.165) is 34.3 Å². The first kappa shape index (κ1) is 26.4. The van der Waals surface area contributed by atoms with E-state index in [-0.39, 0.29) is 11.9 Å². The van der Waals surface area contributed by atoms with Gasteiger partial charge < -0.3 is 9.64 Å². The summed E-state index contributed by atoms with van der Waals surface area (Å²) in [7, 11) is 1.67. The smallest absolute Gasteiger partial charge is 0.253 e. The van der Waals surface area contributed by atoms with Gasteiger partial charge in [0.05, 0.1) is 13.2 Å². The predicted octanol–water partition coefficient (Wildman–Crippen LogP) is 7.19. The highest BCUT2D eigenvalue weighted by molar-refractivity contribution is 7.98. The number of amides is 1. The van der Waals surface area contributed by atoms with Gasteiger partial charge >= 0.3 is 0 Å². The molecule has 0 bridgehead atoms. The average Bonchev–Trinajstić information content (AvgIpc) is 2.98. The minimum Gasteiger partial charge on any atom is -0.496 e. The first-order valence-corrected chi connectivity index (χ1v) is 14.2. The van der Waals surface area contributed by atoms with Gasteiger partial charge in [0, 0.05) is 53.0 Å². The summed E-state index contributed by atoms with van der Waals surface area (Å²) in [5.74, 6) is 1.57. The lowest BCUT2D eigenvalue weighted by Gasteiger charge is -2.40. The van der Waals surface area contributed by atoms with Crippen LogP contribution in [0.15, 0.2) is 108 Å². The van der Waals surface area contributed by atoms with Crippen molar-refractivity contribution in [2.75, 3.05) is 33.3 Å². The highest BCUT2D eigenvalue weighted by Gasteiger charge is 2.28. The second-order valence-corrected chi connectivity index (χ2v) is 10.8. The van der Waals surface area contributed by atoms with E-state index in [4.69, 9.17) is 16.3 Å². The van der Waals surface area contributed by atoms with Crippen LogP contribution < -0.4 is 4.74 Å². The fraction of sp³-hybridized carbons (Fsp3) is 0.219. The number of carbonyl (C=O) groups excluding carboxylic acids is 1. The molecule has 4 nitrogen and oxygen atoms in total. The average molecular weight is 543 g/mol. The third-order valence-electron chi connectivity index (χ3n) is 6.93. The van der Waals surface area contributed by atoms with Gasteiger partial charge in [0.2, 0.25) is 0 Å². The molecule has 6 heteroatoms. The Labute approximate surface area is 234 Å². The molecule has 1 fully saturated rings. The van der Waals surface area contributed by atoms with Gasteiger partial charge in [-0.2, -0.15) is 0 Å². The highest BCUT2D eigenvalue weighted by Crippen LogP contribution is 2.32. The number of carbonyl (C=O) groups is 1. The molecule has 0 spiro atoms. The lowest BCUT2D eigenvalue weighted by Crippen LogP contribution is -2.49. The third-order valence-corrected chi connectivity index (χ3v) is 8.25. The molecule has 0 unspecified atom stereocenters. The van der Waals surface area contributed by atoms with Crippen LogP contribution >= 0.6 is 23.4 Å². The molecule has 0 radical (unpaired) electrons. The minimum atomic E-state index is 0.0704. The maximum atomic E-state index is 13.5. The Morgan fingerprint density at radius 3 is 2.03 bits per heavy atom. The number of methoxy groups -OCH3 is 1. The van der Waals surface area contributed by atoms with Crippen molar-refractivity contribution in [1.82, 2.24) is 9.80 Å². The Morgan fingerprint density at radius 2 is 1.45 bits per heavy atom. The lowest BCUT2D eigenvalue weighted by atomic mass is 9.96. The fourth-order valence-electron chi connectivity index (χ4n) is 4.97. The van der Waals surface area contributed by atoms with Crippen molar-refractivity contribution < 1.29 is 9.53 Å². The van der Waals surface area contributed by atoms with Crippen molar-refractivity contribution in [3.8, 4) is 5.75 Å². The molecule has 4 aromatic carbocycles. The van der Waals surface area contributed by atoms with Crippen LogP contribution in [0.5, 0.6) is 5.75 Å². The number of ether oxygens (including phenoxy) is 1. The SMILES string of the molecule is COc1ccc(C(=O)N2CCN(C(c3ccccc3)c3ccccc3)CC2)cc1CSc1ccc(Cl)cc1. The zero-order valence-electron chi connectivity index (χ0n) is 21.4. The lowest BCUT2D eigenvalue weighted by molar-refractivity contribution is 0.0597. The molecular formula is C32H31ClN2O2S. The molecule has 5 rings (SSSR count). The van der Waals surface area contributed by atoms with Crippen LogP contribution in [-0.2, 0) is 5.75 Å². The molecule has 0 saturated carbocycles. The predicted molar refractivity (Wildman–Crippen MR) is 156 cm³/mol. The quantitative estimate of drug-likeness (QED) is 0.221. The van der Waals surface area contributed by atoms with Crippen LogP contribution in [0.3, 0.4) is 0 Å². The van der Waals surface area contributed by atoms with Crippen LogP contribution in [-0.4, -0.2) is 49.0 Å². The Bertz CT molecular complexity index is 1300. The van der Waals surface area contributed by atoms with Gasteiger partial charge in [0.15, 0.2) is 0 Å². The second kappa shape index (κ2) is 12.5. The van der Waals surface area contributed by atoms with Crippen LogP contribution in [0.4, 0.5) is 0 Å². The van der Waals surface area contributed by atoms with Crippen molar-refractivity contribution in [3.05, 3.63) is 130 Å². The largest absolute Gasteiger partial charge is 0.496 e. The Hall–Kier alpha value is -3.25. The summed E-state index contributed by atoms with van der Waals surface area (Å²) >= 11 is 7.72. The summed E-state index contributed by atoms with van der Waals surface area (Å²) in [4.78, 5) is 19.1. The van der Waals surface area contributed by atoms with Crippen molar-refractivity contribution in [1.29, 1.82) is 0 Å². The van der Waals surface area contributed by atoms with Crippen LogP contribution in [0.2, 0.25) is 5.02 Å². The zero-order valence-corrected chi connectivity index (χ0v) is 23.0. The first-order valence-electron chi connectivity index (χ1n) is 12.8. The summed E-state index contributed by atoms with van der Waals surface area (Å²) in [5.41, 5.74) is 4.26. The maximum absolute atomic E-state index is 13.5. The monoisotopic (exact) mass is 542 g/mol. The molecule has 0 aromatic heterocycles. The number of hydrogen-bond donors (Lipinski definition) is 0. The van der Waals surface area contributed by atoms with E-state index >= 15 is 0 Å². The molecule has 4 aromatic rings. The Balaban J connectivity index is 1.28. The molecule has 1 aliphatic heterocycles. The molecule has 1 amide bonds. The van der Waals surface area contributed by atoms with Gasteiger partial charge in [0.1, 0.15) is 5.75 Å². The molecule has 1 aliphatic rings. The van der Waals surface area contributed by atoms with Crippen molar-refractivity contribution in [2.45, 2.75) is 16.7 Å². The number of halogens is 1. The molecule has 1 heterocycles. The van der Waals surface area contributed by atoms with E-state index in [2.05, 4.69) is 65.6 Å². The number of nitrogens with zero attached hydrogens (tertiary/aromatic N) is 2. The standard InChI is InChI=1S/C32H31ClN2O2S/c1-37-30-17-12-26(22-27(30)23-38-29-15-13-28(33)14-16-29)32(36)35-20-18-34(19-21-35)31(24-8-4-2-5-9-24)25-10-6-3-7-11-25/h2-17,22,31H,18-21,23H2,1H3. The molecule has 194 valence electrons. The molecule has 1 saturated heterocycles. The van der Waals surface area contributed by atoms with Gasteiger partial charge in [-0.15, -0.1) is 11.8 Å².